The fourth-order valence-corrected chi connectivity index (χ4v) is 4.53. The van der Waals surface area contributed by atoms with Crippen molar-refractivity contribution < 1.29 is 0 Å². The molecule has 0 atom stereocenters. The van der Waals surface area contributed by atoms with Gasteiger partial charge in [0.25, 0.3) is 0 Å². The summed E-state index contributed by atoms with van der Waals surface area (Å²) < 4.78 is 0. The molecule has 3 aromatic heterocycles. The van der Waals surface area contributed by atoms with E-state index in [1.165, 1.54) is 0 Å². The van der Waals surface area contributed by atoms with Gasteiger partial charge in [-0.3, -0.25) is 24.9 Å². The standard InChI is InChI=1S/C26H32N8/c1-18(2)34-13-11-33(12-14-34)10-9-27-22-16-21-15-20(7-8-23(21)28-17-22)25-26(31-32-30-25)24-6-4-5-19(3)29-24/h4-8,15-18,27H,9-14H2,1-3H3,(H,30,31,32). The molecule has 8 nitrogen and oxygen atoms in total. The summed E-state index contributed by atoms with van der Waals surface area (Å²) in [6.07, 6.45) is 1.91. The van der Waals surface area contributed by atoms with E-state index in [1.807, 2.05) is 43.5 Å². The number of rotatable bonds is 7. The lowest BCUT2D eigenvalue weighted by atomic mass is 10.0. The Morgan fingerprint density at radius 3 is 2.71 bits per heavy atom. The topological polar surface area (TPSA) is 85.9 Å². The highest BCUT2D eigenvalue weighted by atomic mass is 15.3. The summed E-state index contributed by atoms with van der Waals surface area (Å²) in [6.45, 7) is 13.0. The third-order valence-electron chi connectivity index (χ3n) is 6.54. The normalized spacial score (nSPS) is 15.3. The third-order valence-corrected chi connectivity index (χ3v) is 6.54. The molecule has 1 saturated heterocycles. The van der Waals surface area contributed by atoms with Crippen LogP contribution in [0, 0.1) is 6.92 Å². The van der Waals surface area contributed by atoms with Crippen LogP contribution >= 0.6 is 0 Å². The summed E-state index contributed by atoms with van der Waals surface area (Å²) in [5.74, 6) is 0. The molecule has 0 saturated carbocycles. The maximum absolute atomic E-state index is 4.65. The average Bonchev–Trinajstić information content (AvgIpc) is 3.34. The van der Waals surface area contributed by atoms with Gasteiger partial charge < -0.3 is 5.32 Å². The number of H-pyrrole nitrogens is 1. The number of nitrogens with zero attached hydrogens (tertiary/aromatic N) is 6. The number of fused-ring (bicyclic) bond motifs is 1. The summed E-state index contributed by atoms with van der Waals surface area (Å²) in [6, 6.07) is 14.9. The molecule has 0 unspecified atom stereocenters. The van der Waals surface area contributed by atoms with Crippen molar-refractivity contribution in [3.8, 4) is 22.6 Å². The number of aromatic nitrogens is 5. The van der Waals surface area contributed by atoms with E-state index >= 15 is 0 Å². The van der Waals surface area contributed by atoms with Crippen molar-refractivity contribution in [2.45, 2.75) is 26.8 Å². The maximum Gasteiger partial charge on any atom is 0.122 e. The number of nitrogens with one attached hydrogen (secondary N) is 2. The molecule has 34 heavy (non-hydrogen) atoms. The van der Waals surface area contributed by atoms with E-state index < -0.39 is 0 Å². The van der Waals surface area contributed by atoms with Gasteiger partial charge in [0.05, 0.1) is 23.1 Å². The Morgan fingerprint density at radius 2 is 1.91 bits per heavy atom. The Morgan fingerprint density at radius 1 is 1.06 bits per heavy atom. The molecule has 0 radical (unpaired) electrons. The fraction of sp³-hybridized carbons (Fsp3) is 0.385. The predicted octanol–water partition coefficient (Wildman–Crippen LogP) is 3.83. The first-order valence-corrected chi connectivity index (χ1v) is 12.0. The van der Waals surface area contributed by atoms with Gasteiger partial charge >= 0.3 is 0 Å². The molecule has 1 aliphatic heterocycles. The van der Waals surface area contributed by atoms with Crippen LogP contribution in [0.4, 0.5) is 5.69 Å². The molecule has 0 spiro atoms. The van der Waals surface area contributed by atoms with Gasteiger partial charge in [0.1, 0.15) is 11.4 Å². The third kappa shape index (κ3) is 4.93. The second-order valence-electron chi connectivity index (χ2n) is 9.23. The number of hydrogen-bond acceptors (Lipinski definition) is 7. The molecule has 1 fully saturated rings. The summed E-state index contributed by atoms with van der Waals surface area (Å²) in [4.78, 5) is 14.4. The SMILES string of the molecule is Cc1cccc(-c2[nH]nnc2-c2ccc3ncc(NCCN4CCN(C(C)C)CC4)cc3c2)n1. The maximum atomic E-state index is 4.65. The molecule has 5 rings (SSSR count). The molecule has 0 amide bonds. The summed E-state index contributed by atoms with van der Waals surface area (Å²) >= 11 is 0. The van der Waals surface area contributed by atoms with Gasteiger partial charge in [0.2, 0.25) is 0 Å². The molecule has 2 N–H and O–H groups in total. The highest BCUT2D eigenvalue weighted by Gasteiger charge is 2.18. The Kier molecular flexibility index (Phi) is 6.51. The van der Waals surface area contributed by atoms with Crippen molar-refractivity contribution in [1.82, 2.24) is 35.2 Å². The lowest BCUT2D eigenvalue weighted by Crippen LogP contribution is -2.49. The van der Waals surface area contributed by atoms with Crippen LogP contribution in [0.3, 0.4) is 0 Å². The largest absolute Gasteiger partial charge is 0.382 e. The summed E-state index contributed by atoms with van der Waals surface area (Å²) in [5, 5.41) is 16.0. The molecule has 1 aliphatic rings. The molecule has 8 heteroatoms. The summed E-state index contributed by atoms with van der Waals surface area (Å²) in [5.41, 5.74) is 6.38. The quantitative estimate of drug-likeness (QED) is 0.437. The summed E-state index contributed by atoms with van der Waals surface area (Å²) in [7, 11) is 0. The van der Waals surface area contributed by atoms with Crippen LogP contribution in [-0.2, 0) is 0 Å². The zero-order chi connectivity index (χ0) is 23.5. The highest BCUT2D eigenvalue weighted by molar-refractivity contribution is 5.88. The van der Waals surface area contributed by atoms with Gasteiger partial charge in [-0.05, 0) is 51.1 Å². The molecule has 0 bridgehead atoms. The van der Waals surface area contributed by atoms with E-state index in [0.717, 1.165) is 84.2 Å². The minimum absolute atomic E-state index is 0.634. The molecule has 176 valence electrons. The van der Waals surface area contributed by atoms with Gasteiger partial charge in [-0.25, -0.2) is 0 Å². The Balaban J connectivity index is 1.28. The number of anilines is 1. The van der Waals surface area contributed by atoms with Crippen molar-refractivity contribution in [3.05, 3.63) is 54.4 Å². The van der Waals surface area contributed by atoms with Gasteiger partial charge in [-0.2, -0.15) is 0 Å². The zero-order valence-corrected chi connectivity index (χ0v) is 20.1. The van der Waals surface area contributed by atoms with Crippen LogP contribution in [0.25, 0.3) is 33.5 Å². The van der Waals surface area contributed by atoms with Crippen molar-refractivity contribution in [2.75, 3.05) is 44.6 Å². The minimum atomic E-state index is 0.634. The fourth-order valence-electron chi connectivity index (χ4n) is 4.53. The number of benzene rings is 1. The lowest BCUT2D eigenvalue weighted by molar-refractivity contribution is 0.111. The number of pyridine rings is 2. The number of piperazine rings is 1. The molecule has 0 aliphatic carbocycles. The van der Waals surface area contributed by atoms with Crippen LogP contribution in [-0.4, -0.2) is 80.5 Å². The number of aromatic amines is 1. The van der Waals surface area contributed by atoms with Crippen LogP contribution in [0.1, 0.15) is 19.5 Å². The number of hydrogen-bond donors (Lipinski definition) is 2. The first-order chi connectivity index (χ1) is 16.6. The molecule has 4 heterocycles. The Hall–Kier alpha value is -3.36. The zero-order valence-electron chi connectivity index (χ0n) is 20.1. The Bertz CT molecular complexity index is 1260. The van der Waals surface area contributed by atoms with Crippen molar-refractivity contribution in [1.29, 1.82) is 0 Å². The van der Waals surface area contributed by atoms with E-state index in [1.54, 1.807) is 0 Å². The van der Waals surface area contributed by atoms with Crippen LogP contribution < -0.4 is 5.32 Å². The van der Waals surface area contributed by atoms with Gasteiger partial charge in [-0.15, -0.1) is 5.10 Å². The first kappa shape index (κ1) is 22.4. The molecule has 1 aromatic carbocycles. The van der Waals surface area contributed by atoms with E-state index in [0.29, 0.717) is 6.04 Å². The monoisotopic (exact) mass is 456 g/mol. The highest BCUT2D eigenvalue weighted by Crippen LogP contribution is 2.29. The van der Waals surface area contributed by atoms with Crippen molar-refractivity contribution in [3.63, 3.8) is 0 Å². The van der Waals surface area contributed by atoms with E-state index in [4.69, 9.17) is 0 Å². The van der Waals surface area contributed by atoms with Gasteiger partial charge in [-0.1, -0.05) is 17.3 Å². The van der Waals surface area contributed by atoms with Crippen LogP contribution in [0.2, 0.25) is 0 Å². The first-order valence-electron chi connectivity index (χ1n) is 12.0. The second-order valence-corrected chi connectivity index (χ2v) is 9.23. The smallest absolute Gasteiger partial charge is 0.122 e. The van der Waals surface area contributed by atoms with Crippen molar-refractivity contribution in [2.24, 2.45) is 0 Å². The van der Waals surface area contributed by atoms with Gasteiger partial charge in [0.15, 0.2) is 0 Å². The van der Waals surface area contributed by atoms with E-state index in [2.05, 4.69) is 66.5 Å². The predicted molar refractivity (Wildman–Crippen MR) is 137 cm³/mol. The molecular formula is C26H32N8. The van der Waals surface area contributed by atoms with E-state index in [9.17, 15) is 0 Å². The average molecular weight is 457 g/mol. The minimum Gasteiger partial charge on any atom is -0.382 e. The van der Waals surface area contributed by atoms with E-state index in [-0.39, 0.29) is 0 Å². The molecule has 4 aromatic rings. The van der Waals surface area contributed by atoms with Crippen molar-refractivity contribution >= 4 is 16.6 Å². The lowest BCUT2D eigenvalue weighted by Gasteiger charge is -2.36. The number of aryl methyl sites for hydroxylation is 1. The van der Waals surface area contributed by atoms with Crippen LogP contribution in [0.5, 0.6) is 0 Å². The molecular weight excluding hydrogens is 424 g/mol. The van der Waals surface area contributed by atoms with Crippen LogP contribution in [0.15, 0.2) is 48.7 Å². The van der Waals surface area contributed by atoms with Gasteiger partial charge in [0, 0.05) is 62.0 Å². The second kappa shape index (κ2) is 9.87. The Labute approximate surface area is 200 Å².